The summed E-state index contributed by atoms with van der Waals surface area (Å²) in [6.45, 7) is 5.90. The number of hydrogen-bond acceptors (Lipinski definition) is 6. The summed E-state index contributed by atoms with van der Waals surface area (Å²) in [6.07, 6.45) is 0.564. The predicted octanol–water partition coefficient (Wildman–Crippen LogP) is 3.61. The Hall–Kier alpha value is -1.81. The second-order valence-corrected chi connectivity index (χ2v) is 11.1. The van der Waals surface area contributed by atoms with Crippen LogP contribution in [0.3, 0.4) is 0 Å². The third-order valence-corrected chi connectivity index (χ3v) is 7.15. The van der Waals surface area contributed by atoms with E-state index in [1.54, 1.807) is 21.0 Å². The van der Waals surface area contributed by atoms with Gasteiger partial charge in [-0.25, -0.2) is 13.1 Å². The predicted molar refractivity (Wildman–Crippen MR) is 125 cm³/mol. The summed E-state index contributed by atoms with van der Waals surface area (Å²) in [5, 5.41) is 2.81. The molecule has 0 unspecified atom stereocenters. The molecule has 0 fully saturated rings. The van der Waals surface area contributed by atoms with Gasteiger partial charge in [-0.3, -0.25) is 4.79 Å². The van der Waals surface area contributed by atoms with Gasteiger partial charge in [-0.1, -0.05) is 31.5 Å². The van der Waals surface area contributed by atoms with E-state index in [-0.39, 0.29) is 17.6 Å². The molecule has 1 heterocycles. The smallest absolute Gasteiger partial charge is 0.238 e. The molecule has 0 aliphatic heterocycles. The highest BCUT2D eigenvalue weighted by atomic mass is 35.5. The first-order valence-corrected chi connectivity index (χ1v) is 12.8. The van der Waals surface area contributed by atoms with Crippen LogP contribution in [0.25, 0.3) is 0 Å². The van der Waals surface area contributed by atoms with Crippen LogP contribution in [0.4, 0.5) is 0 Å². The number of benzene rings is 1. The average Bonchev–Trinajstić information content (AvgIpc) is 3.15. The number of ether oxygens (including phenoxy) is 2. The van der Waals surface area contributed by atoms with E-state index in [1.807, 2.05) is 30.3 Å². The van der Waals surface area contributed by atoms with Crippen molar-refractivity contribution in [3.05, 3.63) is 45.1 Å². The van der Waals surface area contributed by atoms with Crippen molar-refractivity contribution in [2.45, 2.75) is 39.8 Å². The third kappa shape index (κ3) is 7.99. The Morgan fingerprint density at radius 2 is 1.94 bits per heavy atom. The lowest BCUT2D eigenvalue weighted by atomic mass is 10.0. The second-order valence-electron chi connectivity index (χ2n) is 7.26. The van der Waals surface area contributed by atoms with Crippen molar-refractivity contribution in [3.8, 4) is 11.5 Å². The number of carbonyl (C=O) groups is 1. The highest BCUT2D eigenvalue weighted by Gasteiger charge is 2.26. The van der Waals surface area contributed by atoms with Crippen LogP contribution in [0.1, 0.15) is 31.2 Å². The van der Waals surface area contributed by atoms with Crippen molar-refractivity contribution in [2.75, 3.05) is 19.4 Å². The van der Waals surface area contributed by atoms with Crippen molar-refractivity contribution in [2.24, 2.45) is 5.92 Å². The molecular formula is C21H29ClN2O5S2. The molecule has 2 rings (SSSR count). The van der Waals surface area contributed by atoms with Gasteiger partial charge in [0, 0.05) is 11.4 Å². The number of thiophene rings is 1. The molecule has 2 aromatic rings. The minimum atomic E-state index is -3.47. The Morgan fingerprint density at radius 1 is 1.19 bits per heavy atom. The molecule has 0 saturated carbocycles. The minimum absolute atomic E-state index is 0.0722. The van der Waals surface area contributed by atoms with Gasteiger partial charge in [0.1, 0.15) is 12.6 Å². The molecule has 10 heteroatoms. The number of halogens is 1. The summed E-state index contributed by atoms with van der Waals surface area (Å²) >= 11 is 7.41. The van der Waals surface area contributed by atoms with Gasteiger partial charge in [0.15, 0.2) is 11.5 Å². The number of hydrogen-bond donors (Lipinski definition) is 2. The first-order chi connectivity index (χ1) is 14.6. The Labute approximate surface area is 193 Å². The molecule has 1 atom stereocenters. The summed E-state index contributed by atoms with van der Waals surface area (Å²) in [7, 11) is -1.90. The van der Waals surface area contributed by atoms with E-state index in [2.05, 4.69) is 10.0 Å². The van der Waals surface area contributed by atoms with Gasteiger partial charge in [0.05, 0.1) is 17.2 Å². The van der Waals surface area contributed by atoms with Gasteiger partial charge < -0.3 is 14.8 Å². The average molecular weight is 489 g/mol. The standard InChI is InChI=1S/C21H29ClN2O5S2/c1-5-31(26,27)24-20(14(2)3)21(25)23-11-10-15-6-8-17(18(12-15)28-4)29-13-16-7-9-19(22)30-16/h6-9,12,14,20,24H,5,10-11,13H2,1-4H3,(H,23,25)/t20-/m0/s1. The fourth-order valence-corrected chi connectivity index (χ4v) is 4.71. The normalized spacial score (nSPS) is 12.6. The maximum atomic E-state index is 12.5. The fourth-order valence-electron chi connectivity index (χ4n) is 2.77. The Balaban J connectivity index is 1.93. The first kappa shape index (κ1) is 25.5. The van der Waals surface area contributed by atoms with Crippen LogP contribution in [0.15, 0.2) is 30.3 Å². The number of sulfonamides is 1. The first-order valence-electron chi connectivity index (χ1n) is 9.96. The number of rotatable bonds is 12. The lowest BCUT2D eigenvalue weighted by molar-refractivity contribution is -0.123. The fraction of sp³-hybridized carbons (Fsp3) is 0.476. The molecule has 0 aliphatic rings. The summed E-state index contributed by atoms with van der Waals surface area (Å²) in [6, 6.07) is 8.55. The van der Waals surface area contributed by atoms with Crippen molar-refractivity contribution in [1.82, 2.24) is 10.0 Å². The summed E-state index contributed by atoms with van der Waals surface area (Å²) in [4.78, 5) is 13.5. The van der Waals surface area contributed by atoms with E-state index in [0.717, 1.165) is 10.4 Å². The minimum Gasteiger partial charge on any atom is -0.493 e. The van der Waals surface area contributed by atoms with E-state index in [4.69, 9.17) is 21.1 Å². The molecule has 0 radical (unpaired) electrons. The van der Waals surface area contributed by atoms with Crippen LogP contribution in [0.5, 0.6) is 11.5 Å². The van der Waals surface area contributed by atoms with Gasteiger partial charge in [0.25, 0.3) is 0 Å². The Kier molecular flexibility index (Phi) is 9.61. The van der Waals surface area contributed by atoms with Gasteiger partial charge >= 0.3 is 0 Å². The molecule has 0 saturated heterocycles. The molecule has 0 aliphatic carbocycles. The van der Waals surface area contributed by atoms with Crippen LogP contribution in [0.2, 0.25) is 4.34 Å². The molecule has 2 N–H and O–H groups in total. The zero-order chi connectivity index (χ0) is 23.0. The van der Waals surface area contributed by atoms with E-state index >= 15 is 0 Å². The molecule has 1 aromatic heterocycles. The maximum absolute atomic E-state index is 12.5. The Bertz CT molecular complexity index is 976. The summed E-state index contributed by atoms with van der Waals surface area (Å²) < 4.78 is 38.1. The number of amides is 1. The monoisotopic (exact) mass is 488 g/mol. The summed E-state index contributed by atoms with van der Waals surface area (Å²) in [5.41, 5.74) is 0.957. The SMILES string of the molecule is CCS(=O)(=O)N[C@H](C(=O)NCCc1ccc(OCc2ccc(Cl)s2)c(OC)c1)C(C)C. The molecule has 31 heavy (non-hydrogen) atoms. The zero-order valence-corrected chi connectivity index (χ0v) is 20.5. The van der Waals surface area contributed by atoms with Crippen molar-refractivity contribution in [3.63, 3.8) is 0 Å². The number of carbonyl (C=O) groups excluding carboxylic acids is 1. The van der Waals surface area contributed by atoms with Crippen LogP contribution < -0.4 is 19.5 Å². The van der Waals surface area contributed by atoms with Crippen molar-refractivity contribution < 1.29 is 22.7 Å². The largest absolute Gasteiger partial charge is 0.493 e. The van der Waals surface area contributed by atoms with Gasteiger partial charge in [0.2, 0.25) is 15.9 Å². The van der Waals surface area contributed by atoms with Gasteiger partial charge in [-0.2, -0.15) is 0 Å². The van der Waals surface area contributed by atoms with E-state index < -0.39 is 16.1 Å². The molecule has 1 aromatic carbocycles. The van der Waals surface area contributed by atoms with Crippen LogP contribution in [0, 0.1) is 5.92 Å². The van der Waals surface area contributed by atoms with Gasteiger partial charge in [-0.05, 0) is 49.1 Å². The van der Waals surface area contributed by atoms with Crippen molar-refractivity contribution >= 4 is 38.9 Å². The summed E-state index contributed by atoms with van der Waals surface area (Å²) in [5.74, 6) is 0.637. The molecule has 1 amide bonds. The van der Waals surface area contributed by atoms with E-state index in [1.165, 1.54) is 18.3 Å². The number of methoxy groups -OCH3 is 1. The number of nitrogens with one attached hydrogen (secondary N) is 2. The van der Waals surface area contributed by atoms with E-state index in [0.29, 0.717) is 35.4 Å². The van der Waals surface area contributed by atoms with Crippen LogP contribution in [-0.4, -0.2) is 39.8 Å². The Morgan fingerprint density at radius 3 is 2.52 bits per heavy atom. The second kappa shape index (κ2) is 11.7. The molecule has 0 bridgehead atoms. The van der Waals surface area contributed by atoms with Gasteiger partial charge in [-0.15, -0.1) is 11.3 Å². The molecule has 0 spiro atoms. The van der Waals surface area contributed by atoms with Crippen LogP contribution in [-0.2, 0) is 27.8 Å². The third-order valence-electron chi connectivity index (χ3n) is 4.58. The molecular weight excluding hydrogens is 460 g/mol. The van der Waals surface area contributed by atoms with Crippen molar-refractivity contribution in [1.29, 1.82) is 0 Å². The highest BCUT2D eigenvalue weighted by molar-refractivity contribution is 7.89. The lowest BCUT2D eigenvalue weighted by Gasteiger charge is -2.21. The molecule has 7 nitrogen and oxygen atoms in total. The lowest BCUT2D eigenvalue weighted by Crippen LogP contribution is -2.50. The quantitative estimate of drug-likeness (QED) is 0.476. The zero-order valence-electron chi connectivity index (χ0n) is 18.1. The maximum Gasteiger partial charge on any atom is 0.238 e. The van der Waals surface area contributed by atoms with Crippen LogP contribution >= 0.6 is 22.9 Å². The topological polar surface area (TPSA) is 93.7 Å². The highest BCUT2D eigenvalue weighted by Crippen LogP contribution is 2.30. The van der Waals surface area contributed by atoms with E-state index in [9.17, 15) is 13.2 Å². The molecule has 172 valence electrons.